The second kappa shape index (κ2) is 3.69. The number of rotatable bonds is 0. The van der Waals surface area contributed by atoms with Crippen molar-refractivity contribution in [1.82, 2.24) is 4.98 Å². The molecule has 1 aromatic carbocycles. The minimum Gasteiger partial charge on any atom is -0.241 e. The maximum Gasteiger partial charge on any atom is 0.106 e. The Morgan fingerprint density at radius 2 is 2.00 bits per heavy atom. The van der Waals surface area contributed by atoms with Gasteiger partial charge in [0.1, 0.15) is 4.60 Å². The fourth-order valence-electron chi connectivity index (χ4n) is 1.28. The molecule has 0 unspecified atom stereocenters. The van der Waals surface area contributed by atoms with E-state index in [1.807, 2.05) is 25.1 Å². The molecule has 1 nitrogen and oxygen atoms in total. The second-order valence-corrected chi connectivity index (χ2v) is 4.60. The molecule has 1 heterocycles. The lowest BCUT2D eigenvalue weighted by Gasteiger charge is -2.05. The van der Waals surface area contributed by atoms with Crippen LogP contribution in [0.15, 0.2) is 22.8 Å². The summed E-state index contributed by atoms with van der Waals surface area (Å²) in [5.74, 6) is 0. The minimum absolute atomic E-state index is 0.646. The molecule has 0 atom stereocenters. The number of nitrogens with zero attached hydrogens (tertiary/aromatic N) is 1. The highest BCUT2D eigenvalue weighted by molar-refractivity contribution is 9.10. The summed E-state index contributed by atoms with van der Waals surface area (Å²) in [5, 5.41) is 2.25. The quantitative estimate of drug-likeness (QED) is 0.646. The lowest BCUT2D eigenvalue weighted by molar-refractivity contribution is 1.34. The first-order valence-electron chi connectivity index (χ1n) is 4.00. The molecule has 2 aromatic rings. The third-order valence-electron chi connectivity index (χ3n) is 2.08. The Morgan fingerprint density at radius 3 is 2.71 bits per heavy atom. The largest absolute Gasteiger partial charge is 0.241 e. The Hall–Kier alpha value is -0.310. The van der Waals surface area contributed by atoms with Gasteiger partial charge in [-0.25, -0.2) is 4.98 Å². The van der Waals surface area contributed by atoms with Gasteiger partial charge in [0.05, 0.1) is 10.5 Å². The normalized spacial score (nSPS) is 10.9. The van der Waals surface area contributed by atoms with E-state index >= 15 is 0 Å². The highest BCUT2D eigenvalue weighted by Crippen LogP contribution is 2.32. The molecular weight excluding hydrogens is 285 g/mol. The summed E-state index contributed by atoms with van der Waals surface area (Å²) in [7, 11) is 0. The molecule has 0 spiro atoms. The molecule has 0 saturated heterocycles. The Labute approximate surface area is 100 Å². The Balaban J connectivity index is 2.91. The molecule has 0 amide bonds. The van der Waals surface area contributed by atoms with Crippen LogP contribution in [0.3, 0.4) is 0 Å². The number of benzene rings is 1. The number of fused-ring (bicyclic) bond motifs is 1. The molecule has 0 aliphatic heterocycles. The monoisotopic (exact) mass is 289 g/mol. The van der Waals surface area contributed by atoms with E-state index in [2.05, 4.69) is 20.9 Å². The molecule has 0 bridgehead atoms. The summed E-state index contributed by atoms with van der Waals surface area (Å²) in [6.45, 7) is 1.89. The molecule has 72 valence electrons. The van der Waals surface area contributed by atoms with E-state index in [1.165, 1.54) is 0 Å². The van der Waals surface area contributed by atoms with Gasteiger partial charge in [-0.3, -0.25) is 0 Å². The van der Waals surface area contributed by atoms with Crippen LogP contribution in [0.1, 0.15) is 5.56 Å². The van der Waals surface area contributed by atoms with Gasteiger partial charge >= 0.3 is 0 Å². The third-order valence-corrected chi connectivity index (χ3v) is 3.40. The van der Waals surface area contributed by atoms with E-state index in [9.17, 15) is 0 Å². The summed E-state index contributed by atoms with van der Waals surface area (Å²) in [6.07, 6.45) is 0. The average Bonchev–Trinajstić information content (AvgIpc) is 2.14. The topological polar surface area (TPSA) is 12.9 Å². The molecule has 0 radical (unpaired) electrons. The fourth-order valence-corrected chi connectivity index (χ4v) is 2.11. The smallest absolute Gasteiger partial charge is 0.106 e. The van der Waals surface area contributed by atoms with Gasteiger partial charge in [0, 0.05) is 10.4 Å². The molecular formula is C10H6BrCl2N. The van der Waals surface area contributed by atoms with Crippen LogP contribution in [-0.2, 0) is 0 Å². The summed E-state index contributed by atoms with van der Waals surface area (Å²) < 4.78 is 0.779. The molecule has 4 heteroatoms. The fraction of sp³-hybridized carbons (Fsp3) is 0.100. The van der Waals surface area contributed by atoms with Gasteiger partial charge in [0.25, 0.3) is 0 Å². The molecule has 2 rings (SSSR count). The van der Waals surface area contributed by atoms with Gasteiger partial charge in [-0.2, -0.15) is 0 Å². The Kier molecular flexibility index (Phi) is 2.69. The first kappa shape index (κ1) is 10.2. The second-order valence-electron chi connectivity index (χ2n) is 3.00. The van der Waals surface area contributed by atoms with Crippen molar-refractivity contribution in [3.8, 4) is 0 Å². The van der Waals surface area contributed by atoms with Crippen molar-refractivity contribution in [2.24, 2.45) is 0 Å². The summed E-state index contributed by atoms with van der Waals surface area (Å²) in [6, 6.07) is 5.61. The number of hydrogen-bond acceptors (Lipinski definition) is 1. The number of pyridine rings is 1. The van der Waals surface area contributed by atoms with Crippen LogP contribution >= 0.6 is 39.1 Å². The summed E-state index contributed by atoms with van der Waals surface area (Å²) >= 11 is 15.5. The first-order valence-corrected chi connectivity index (χ1v) is 5.55. The predicted molar refractivity (Wildman–Crippen MR) is 64.2 cm³/mol. The van der Waals surface area contributed by atoms with Crippen LogP contribution in [0, 0.1) is 6.92 Å². The van der Waals surface area contributed by atoms with Crippen molar-refractivity contribution in [2.75, 3.05) is 0 Å². The molecule has 0 aliphatic rings. The number of aromatic nitrogens is 1. The zero-order valence-corrected chi connectivity index (χ0v) is 10.4. The van der Waals surface area contributed by atoms with Gasteiger partial charge < -0.3 is 0 Å². The standard InChI is InChI=1S/C10H6BrCl2N/c1-5-7(12)4-8-6(10(5)13)2-3-9(11)14-8/h2-4H,1H3. The molecule has 0 saturated carbocycles. The van der Waals surface area contributed by atoms with Crippen molar-refractivity contribution in [3.05, 3.63) is 38.4 Å². The van der Waals surface area contributed by atoms with E-state index in [0.717, 1.165) is 21.1 Å². The van der Waals surface area contributed by atoms with Crippen LogP contribution in [0.4, 0.5) is 0 Å². The van der Waals surface area contributed by atoms with Crippen LogP contribution in [0.2, 0.25) is 10.0 Å². The maximum atomic E-state index is 6.14. The number of hydrogen-bond donors (Lipinski definition) is 0. The van der Waals surface area contributed by atoms with Gasteiger partial charge in [-0.1, -0.05) is 23.2 Å². The maximum absolute atomic E-state index is 6.14. The van der Waals surface area contributed by atoms with Crippen LogP contribution in [0.5, 0.6) is 0 Å². The van der Waals surface area contributed by atoms with Crippen LogP contribution < -0.4 is 0 Å². The van der Waals surface area contributed by atoms with Crippen molar-refractivity contribution >= 4 is 50.0 Å². The molecule has 14 heavy (non-hydrogen) atoms. The zero-order chi connectivity index (χ0) is 10.3. The summed E-state index contributed by atoms with van der Waals surface area (Å²) in [4.78, 5) is 4.29. The van der Waals surface area contributed by atoms with Gasteiger partial charge in [0.15, 0.2) is 0 Å². The van der Waals surface area contributed by atoms with E-state index in [-0.39, 0.29) is 0 Å². The lowest BCUT2D eigenvalue weighted by atomic mass is 10.1. The van der Waals surface area contributed by atoms with Crippen molar-refractivity contribution in [2.45, 2.75) is 6.92 Å². The molecule has 0 aliphatic carbocycles. The molecule has 0 N–H and O–H groups in total. The Bertz CT molecular complexity index is 511. The lowest BCUT2D eigenvalue weighted by Crippen LogP contribution is -1.85. The SMILES string of the molecule is Cc1c(Cl)cc2nc(Br)ccc2c1Cl. The van der Waals surface area contributed by atoms with Crippen molar-refractivity contribution in [3.63, 3.8) is 0 Å². The van der Waals surface area contributed by atoms with Gasteiger partial charge in [0.2, 0.25) is 0 Å². The van der Waals surface area contributed by atoms with Gasteiger partial charge in [-0.15, -0.1) is 0 Å². The van der Waals surface area contributed by atoms with E-state index in [1.54, 1.807) is 0 Å². The first-order chi connectivity index (χ1) is 6.59. The van der Waals surface area contributed by atoms with Gasteiger partial charge in [-0.05, 0) is 46.6 Å². The average molecular weight is 291 g/mol. The zero-order valence-electron chi connectivity index (χ0n) is 7.31. The van der Waals surface area contributed by atoms with Crippen molar-refractivity contribution < 1.29 is 0 Å². The van der Waals surface area contributed by atoms with Crippen LogP contribution in [-0.4, -0.2) is 4.98 Å². The molecule has 0 fully saturated rings. The highest BCUT2D eigenvalue weighted by atomic mass is 79.9. The highest BCUT2D eigenvalue weighted by Gasteiger charge is 2.07. The number of halogens is 3. The predicted octanol–water partition coefficient (Wildman–Crippen LogP) is 4.61. The van der Waals surface area contributed by atoms with E-state index in [0.29, 0.717) is 10.0 Å². The van der Waals surface area contributed by atoms with E-state index in [4.69, 9.17) is 23.2 Å². The van der Waals surface area contributed by atoms with E-state index < -0.39 is 0 Å². The third kappa shape index (κ3) is 1.62. The van der Waals surface area contributed by atoms with Crippen LogP contribution in [0.25, 0.3) is 10.9 Å². The van der Waals surface area contributed by atoms with Crippen molar-refractivity contribution in [1.29, 1.82) is 0 Å². The minimum atomic E-state index is 0.646. The molecule has 1 aromatic heterocycles. The summed E-state index contributed by atoms with van der Waals surface area (Å²) in [5.41, 5.74) is 1.70. The Morgan fingerprint density at radius 1 is 1.29 bits per heavy atom.